The second-order valence-electron chi connectivity index (χ2n) is 5.44. The van der Waals surface area contributed by atoms with Crippen LogP contribution in [0.1, 0.15) is 37.5 Å². The first-order valence-electron chi connectivity index (χ1n) is 6.73. The summed E-state index contributed by atoms with van der Waals surface area (Å²) in [5.41, 5.74) is 0. The number of nitrogens with zero attached hydrogens (tertiary/aromatic N) is 1. The molecular formula is C13H20BrNO3S2. The van der Waals surface area contributed by atoms with Gasteiger partial charge in [-0.2, -0.15) is 4.31 Å². The topological polar surface area (TPSA) is 57.6 Å². The molecule has 0 unspecified atom stereocenters. The monoisotopic (exact) mass is 381 g/mol. The van der Waals surface area contributed by atoms with E-state index in [2.05, 4.69) is 22.9 Å². The van der Waals surface area contributed by atoms with Crippen LogP contribution < -0.4 is 0 Å². The minimum atomic E-state index is -3.49. The van der Waals surface area contributed by atoms with E-state index in [4.69, 9.17) is 5.11 Å². The Kier molecular flexibility index (Phi) is 5.29. The lowest BCUT2D eigenvalue weighted by atomic mass is 9.87. The van der Waals surface area contributed by atoms with Crippen LogP contribution in [0.5, 0.6) is 0 Å². The highest BCUT2D eigenvalue weighted by atomic mass is 79.9. The molecule has 1 aliphatic rings. The third kappa shape index (κ3) is 3.27. The number of aliphatic hydroxyl groups is 1. The van der Waals surface area contributed by atoms with Crippen LogP contribution in [0.25, 0.3) is 0 Å². The molecule has 7 heteroatoms. The minimum absolute atomic E-state index is 0.0839. The summed E-state index contributed by atoms with van der Waals surface area (Å²) in [6.45, 7) is 2.08. The molecule has 4 nitrogen and oxygen atoms in total. The average molecular weight is 382 g/mol. The molecule has 1 aromatic heterocycles. The average Bonchev–Trinajstić information content (AvgIpc) is 2.81. The standard InChI is InChI=1S/C13H20BrNO3S2/c1-9-3-5-10(6-4-9)15(2)20(17,18)12-7-11(8-16)19-13(12)14/h7,9-10,16H,3-6,8H2,1-2H3. The van der Waals surface area contributed by atoms with Crippen molar-refractivity contribution in [1.82, 2.24) is 4.31 Å². The molecule has 20 heavy (non-hydrogen) atoms. The summed E-state index contributed by atoms with van der Waals surface area (Å²) in [4.78, 5) is 0.925. The van der Waals surface area contributed by atoms with Gasteiger partial charge in [0.2, 0.25) is 10.0 Å². The molecule has 0 radical (unpaired) electrons. The Morgan fingerprint density at radius 3 is 2.50 bits per heavy atom. The maximum atomic E-state index is 12.7. The van der Waals surface area contributed by atoms with E-state index < -0.39 is 10.0 Å². The van der Waals surface area contributed by atoms with Gasteiger partial charge in [-0.05, 0) is 53.6 Å². The van der Waals surface area contributed by atoms with Crippen LogP contribution in [0.15, 0.2) is 14.7 Å². The minimum Gasteiger partial charge on any atom is -0.391 e. The Hall–Kier alpha value is 0.0500. The number of hydrogen-bond donors (Lipinski definition) is 1. The molecule has 0 aliphatic heterocycles. The molecule has 0 saturated heterocycles. The molecule has 1 aromatic rings. The van der Waals surface area contributed by atoms with E-state index >= 15 is 0 Å². The maximum absolute atomic E-state index is 12.7. The fraction of sp³-hybridized carbons (Fsp3) is 0.692. The van der Waals surface area contributed by atoms with Gasteiger partial charge in [-0.3, -0.25) is 0 Å². The van der Waals surface area contributed by atoms with Crippen LogP contribution in [-0.2, 0) is 16.6 Å². The Balaban J connectivity index is 2.22. The van der Waals surface area contributed by atoms with Crippen molar-refractivity contribution in [3.63, 3.8) is 0 Å². The SMILES string of the molecule is CC1CCC(N(C)S(=O)(=O)c2cc(CO)sc2Br)CC1. The van der Waals surface area contributed by atoms with E-state index in [0.29, 0.717) is 14.6 Å². The molecule has 1 fully saturated rings. The molecule has 0 spiro atoms. The smallest absolute Gasteiger partial charge is 0.245 e. The van der Waals surface area contributed by atoms with Gasteiger partial charge in [0.25, 0.3) is 0 Å². The molecule has 0 atom stereocenters. The second kappa shape index (κ2) is 6.44. The van der Waals surface area contributed by atoms with Gasteiger partial charge in [-0.15, -0.1) is 11.3 Å². The van der Waals surface area contributed by atoms with Crippen LogP contribution >= 0.6 is 27.3 Å². The van der Waals surface area contributed by atoms with Gasteiger partial charge >= 0.3 is 0 Å². The first-order valence-corrected chi connectivity index (χ1v) is 9.78. The molecule has 1 aliphatic carbocycles. The Bertz CT molecular complexity index is 562. The molecule has 0 amide bonds. The van der Waals surface area contributed by atoms with Crippen molar-refractivity contribution in [2.75, 3.05) is 7.05 Å². The predicted octanol–water partition coefficient (Wildman–Crippen LogP) is 3.20. The first-order chi connectivity index (χ1) is 9.36. The number of thiophene rings is 1. The van der Waals surface area contributed by atoms with Gasteiger partial charge in [0.05, 0.1) is 10.4 Å². The van der Waals surface area contributed by atoms with Crippen LogP contribution in [0.4, 0.5) is 0 Å². The summed E-state index contributed by atoms with van der Waals surface area (Å²) >= 11 is 4.56. The molecule has 0 aromatic carbocycles. The highest BCUT2D eigenvalue weighted by Gasteiger charge is 2.32. The van der Waals surface area contributed by atoms with Crippen molar-refractivity contribution in [1.29, 1.82) is 0 Å². The summed E-state index contributed by atoms with van der Waals surface area (Å²) < 4.78 is 27.4. The van der Waals surface area contributed by atoms with Gasteiger partial charge in [0, 0.05) is 18.0 Å². The van der Waals surface area contributed by atoms with Crippen molar-refractivity contribution >= 4 is 37.3 Å². The number of rotatable bonds is 4. The predicted molar refractivity (Wildman–Crippen MR) is 84.3 cm³/mol. The normalized spacial score (nSPS) is 24.2. The highest BCUT2D eigenvalue weighted by Crippen LogP contribution is 2.36. The largest absolute Gasteiger partial charge is 0.391 e. The van der Waals surface area contributed by atoms with Crippen molar-refractivity contribution in [2.45, 2.75) is 50.2 Å². The van der Waals surface area contributed by atoms with E-state index in [-0.39, 0.29) is 17.5 Å². The van der Waals surface area contributed by atoms with E-state index in [1.165, 1.54) is 15.6 Å². The molecular weight excluding hydrogens is 362 g/mol. The molecule has 0 bridgehead atoms. The van der Waals surface area contributed by atoms with Gasteiger partial charge < -0.3 is 5.11 Å². The van der Waals surface area contributed by atoms with Crippen molar-refractivity contribution < 1.29 is 13.5 Å². The van der Waals surface area contributed by atoms with Gasteiger partial charge in [-0.1, -0.05) is 6.92 Å². The zero-order valence-electron chi connectivity index (χ0n) is 11.7. The van der Waals surface area contributed by atoms with E-state index in [9.17, 15) is 8.42 Å². The summed E-state index contributed by atoms with van der Waals surface area (Å²) in [7, 11) is -1.82. The van der Waals surface area contributed by atoms with Crippen molar-refractivity contribution in [2.24, 2.45) is 5.92 Å². The summed E-state index contributed by atoms with van der Waals surface area (Å²) in [6, 6.07) is 1.65. The number of hydrogen-bond acceptors (Lipinski definition) is 4. The summed E-state index contributed by atoms with van der Waals surface area (Å²) in [5, 5.41) is 9.14. The number of halogens is 1. The van der Waals surface area contributed by atoms with Gasteiger partial charge in [-0.25, -0.2) is 8.42 Å². The second-order valence-corrected chi connectivity index (χ2v) is 9.86. The lowest BCUT2D eigenvalue weighted by Crippen LogP contribution is -2.39. The quantitative estimate of drug-likeness (QED) is 0.870. The zero-order valence-corrected chi connectivity index (χ0v) is 14.9. The first kappa shape index (κ1) is 16.4. The van der Waals surface area contributed by atoms with Crippen LogP contribution in [0, 0.1) is 5.92 Å². The van der Waals surface area contributed by atoms with E-state index in [1.54, 1.807) is 13.1 Å². The summed E-state index contributed by atoms with van der Waals surface area (Å²) in [6.07, 6.45) is 4.01. The third-order valence-electron chi connectivity index (χ3n) is 4.02. The van der Waals surface area contributed by atoms with Gasteiger partial charge in [0.15, 0.2) is 0 Å². The lowest BCUT2D eigenvalue weighted by Gasteiger charge is -2.32. The number of aliphatic hydroxyl groups excluding tert-OH is 1. The molecule has 114 valence electrons. The Morgan fingerprint density at radius 1 is 1.40 bits per heavy atom. The number of sulfonamides is 1. The zero-order chi connectivity index (χ0) is 14.9. The Morgan fingerprint density at radius 2 is 2.00 bits per heavy atom. The Labute approximate surface area is 133 Å². The van der Waals surface area contributed by atoms with Crippen LogP contribution in [-0.4, -0.2) is 30.9 Å². The van der Waals surface area contributed by atoms with Crippen molar-refractivity contribution in [3.05, 3.63) is 14.7 Å². The van der Waals surface area contributed by atoms with E-state index in [1.807, 2.05) is 0 Å². The highest BCUT2D eigenvalue weighted by molar-refractivity contribution is 9.11. The van der Waals surface area contributed by atoms with E-state index in [0.717, 1.165) is 25.7 Å². The van der Waals surface area contributed by atoms with Crippen molar-refractivity contribution in [3.8, 4) is 0 Å². The van der Waals surface area contributed by atoms with Gasteiger partial charge in [0.1, 0.15) is 4.90 Å². The summed E-state index contributed by atoms with van der Waals surface area (Å²) in [5.74, 6) is 0.691. The molecule has 1 N–H and O–H groups in total. The fourth-order valence-corrected chi connectivity index (χ4v) is 6.52. The van der Waals surface area contributed by atoms with Crippen LogP contribution in [0.2, 0.25) is 0 Å². The fourth-order valence-electron chi connectivity index (χ4n) is 2.61. The molecule has 1 saturated carbocycles. The third-order valence-corrected chi connectivity index (χ3v) is 8.17. The maximum Gasteiger partial charge on any atom is 0.245 e. The van der Waals surface area contributed by atoms with Crippen LogP contribution in [0.3, 0.4) is 0 Å². The molecule has 2 rings (SSSR count). The molecule has 1 heterocycles. The lowest BCUT2D eigenvalue weighted by molar-refractivity contribution is 0.246.